The molecule has 0 amide bonds. The number of esters is 1. The summed E-state index contributed by atoms with van der Waals surface area (Å²) in [6.07, 6.45) is 2.08. The molecular weight excluding hydrogens is 444 g/mol. The van der Waals surface area contributed by atoms with Gasteiger partial charge < -0.3 is 20.1 Å². The summed E-state index contributed by atoms with van der Waals surface area (Å²) < 4.78 is 6.25. The van der Waals surface area contributed by atoms with Gasteiger partial charge in [-0.25, -0.2) is 9.59 Å². The fourth-order valence-electron chi connectivity index (χ4n) is 5.26. The molecule has 0 atom stereocenters. The molecule has 35 heavy (non-hydrogen) atoms. The second-order valence-corrected chi connectivity index (χ2v) is 8.80. The van der Waals surface area contributed by atoms with Crippen LogP contribution in [0.15, 0.2) is 42.5 Å². The molecule has 1 aliphatic heterocycles. The number of phenolic OH excluding ortho intramolecular Hbond substituents is 2. The van der Waals surface area contributed by atoms with Crippen molar-refractivity contribution in [1.29, 1.82) is 0 Å². The molecule has 0 bridgehead atoms. The van der Waals surface area contributed by atoms with Crippen LogP contribution in [0.1, 0.15) is 87.4 Å². The number of phenols is 2. The van der Waals surface area contributed by atoms with Crippen molar-refractivity contribution in [3.8, 4) is 11.5 Å². The average Bonchev–Trinajstić information content (AvgIpc) is 3.16. The van der Waals surface area contributed by atoms with E-state index in [2.05, 4.69) is 0 Å². The minimum atomic E-state index is -1.65. The van der Waals surface area contributed by atoms with Crippen LogP contribution in [-0.4, -0.2) is 27.3 Å². The van der Waals surface area contributed by atoms with Gasteiger partial charge in [0.15, 0.2) is 5.60 Å². The van der Waals surface area contributed by atoms with E-state index in [1.807, 2.05) is 39.8 Å². The van der Waals surface area contributed by atoms with Crippen LogP contribution >= 0.6 is 0 Å². The molecule has 0 aromatic heterocycles. The van der Waals surface area contributed by atoms with Crippen LogP contribution in [0.3, 0.4) is 0 Å². The lowest BCUT2D eigenvalue weighted by Crippen LogP contribution is -2.34. The topological polar surface area (TPSA) is 104 Å². The highest BCUT2D eigenvalue weighted by molar-refractivity contribution is 6.02. The van der Waals surface area contributed by atoms with E-state index >= 15 is 0 Å². The van der Waals surface area contributed by atoms with Crippen molar-refractivity contribution >= 4 is 11.9 Å². The van der Waals surface area contributed by atoms with Crippen LogP contribution in [-0.2, 0) is 36.0 Å². The predicted octanol–water partition coefficient (Wildman–Crippen LogP) is 5.51. The van der Waals surface area contributed by atoms with Crippen LogP contribution in [0.25, 0.3) is 0 Å². The number of hydrogen-bond donors (Lipinski definition) is 3. The summed E-state index contributed by atoms with van der Waals surface area (Å²) in [6, 6.07) is 11.7. The molecule has 0 fully saturated rings. The van der Waals surface area contributed by atoms with Gasteiger partial charge in [0.1, 0.15) is 11.5 Å². The summed E-state index contributed by atoms with van der Waals surface area (Å²) >= 11 is 0. The first-order chi connectivity index (χ1) is 16.7. The van der Waals surface area contributed by atoms with Crippen LogP contribution in [0.2, 0.25) is 0 Å². The van der Waals surface area contributed by atoms with Gasteiger partial charge in [-0.05, 0) is 61.1 Å². The van der Waals surface area contributed by atoms with Crippen LogP contribution in [0, 0.1) is 0 Å². The number of carboxylic acids is 1. The number of fused-ring (bicyclic) bond motifs is 1. The molecule has 4 rings (SSSR count). The average molecular weight is 475 g/mol. The first kappa shape index (κ1) is 24.3. The highest BCUT2D eigenvalue weighted by Crippen LogP contribution is 2.53. The number of carbonyl (C=O) groups is 2. The van der Waals surface area contributed by atoms with Gasteiger partial charge in [0.2, 0.25) is 0 Å². The Labute approximate surface area is 204 Å². The maximum absolute atomic E-state index is 13.3. The highest BCUT2D eigenvalue weighted by Gasteiger charge is 2.53. The van der Waals surface area contributed by atoms with Gasteiger partial charge in [0.25, 0.3) is 0 Å². The first-order valence-electron chi connectivity index (χ1n) is 12.0. The molecule has 6 heteroatoms. The lowest BCUT2D eigenvalue weighted by molar-refractivity contribution is 0.0239. The van der Waals surface area contributed by atoms with E-state index in [4.69, 9.17) is 4.74 Å². The van der Waals surface area contributed by atoms with Crippen molar-refractivity contribution in [2.24, 2.45) is 0 Å². The van der Waals surface area contributed by atoms with Gasteiger partial charge in [-0.1, -0.05) is 45.9 Å². The monoisotopic (exact) mass is 474 g/mol. The second-order valence-electron chi connectivity index (χ2n) is 8.80. The smallest absolute Gasteiger partial charge is 0.340 e. The Morgan fingerprint density at radius 1 is 0.829 bits per heavy atom. The SMILES string of the molecule is CCc1cc(O)c(CC)c(C2(c3cc(CC)cc(O)c3CC)OC(=O)c3cccc(C(=O)O)c32)c1. The van der Waals surface area contributed by atoms with Gasteiger partial charge in [0.05, 0.1) is 11.1 Å². The van der Waals surface area contributed by atoms with E-state index in [1.165, 1.54) is 12.1 Å². The lowest BCUT2D eigenvalue weighted by Gasteiger charge is -2.35. The van der Waals surface area contributed by atoms with Crippen molar-refractivity contribution in [3.63, 3.8) is 0 Å². The van der Waals surface area contributed by atoms with E-state index in [9.17, 15) is 24.9 Å². The van der Waals surface area contributed by atoms with E-state index < -0.39 is 17.5 Å². The minimum Gasteiger partial charge on any atom is -0.508 e. The second kappa shape index (κ2) is 9.10. The molecule has 1 heterocycles. The third-order valence-corrected chi connectivity index (χ3v) is 6.97. The molecule has 0 unspecified atom stereocenters. The fraction of sp³-hybridized carbons (Fsp3) is 0.310. The quantitative estimate of drug-likeness (QED) is 0.390. The standard InChI is InChI=1S/C29H30O6/c1-5-16-12-22(18(7-3)24(30)14-16)29(23-13-17(6-2)15-25(31)19(23)8-4)26-20(27(32)33)10-9-11-21(26)28(34)35-29/h9-15,30-31H,5-8H2,1-4H3,(H,32,33). The Balaban J connectivity index is 2.29. The summed E-state index contributed by atoms with van der Waals surface area (Å²) in [5.41, 5.74) is 2.47. The molecule has 182 valence electrons. The molecule has 3 aromatic carbocycles. The van der Waals surface area contributed by atoms with Crippen molar-refractivity contribution in [2.45, 2.75) is 59.0 Å². The number of aromatic hydroxyl groups is 2. The summed E-state index contributed by atoms with van der Waals surface area (Å²) in [6.45, 7) is 7.68. The zero-order chi connectivity index (χ0) is 25.5. The van der Waals surface area contributed by atoms with E-state index in [0.717, 1.165) is 11.1 Å². The lowest BCUT2D eigenvalue weighted by atomic mass is 9.72. The Morgan fingerprint density at radius 2 is 1.34 bits per heavy atom. The van der Waals surface area contributed by atoms with E-state index in [0.29, 0.717) is 47.9 Å². The number of carbonyl (C=O) groups excluding carboxylic acids is 1. The van der Waals surface area contributed by atoms with Crippen LogP contribution in [0.5, 0.6) is 11.5 Å². The summed E-state index contributed by atoms with van der Waals surface area (Å²) in [4.78, 5) is 25.8. The highest BCUT2D eigenvalue weighted by atomic mass is 16.6. The third-order valence-electron chi connectivity index (χ3n) is 6.97. The van der Waals surface area contributed by atoms with Crippen molar-refractivity contribution in [3.05, 3.63) is 92.5 Å². The number of aryl methyl sites for hydroxylation is 2. The molecular formula is C29H30O6. The zero-order valence-corrected chi connectivity index (χ0v) is 20.4. The molecule has 0 saturated heterocycles. The molecule has 6 nitrogen and oxygen atoms in total. The molecule has 1 aliphatic rings. The van der Waals surface area contributed by atoms with Gasteiger partial charge in [0, 0.05) is 27.8 Å². The first-order valence-corrected chi connectivity index (χ1v) is 12.0. The van der Waals surface area contributed by atoms with Gasteiger partial charge in [-0.2, -0.15) is 0 Å². The molecule has 3 aromatic rings. The Hall–Kier alpha value is -3.80. The molecule has 0 radical (unpaired) electrons. The molecule has 0 aliphatic carbocycles. The maximum Gasteiger partial charge on any atom is 0.340 e. The molecule has 3 N–H and O–H groups in total. The van der Waals surface area contributed by atoms with E-state index in [-0.39, 0.29) is 28.2 Å². The van der Waals surface area contributed by atoms with E-state index in [1.54, 1.807) is 18.2 Å². The fourth-order valence-corrected chi connectivity index (χ4v) is 5.26. The number of ether oxygens (including phenoxy) is 1. The predicted molar refractivity (Wildman–Crippen MR) is 132 cm³/mol. The normalized spacial score (nSPS) is 14.0. The number of carboxylic acid groups (broad SMARTS) is 1. The number of aromatic carboxylic acids is 1. The van der Waals surface area contributed by atoms with Gasteiger partial charge in [-0.15, -0.1) is 0 Å². The van der Waals surface area contributed by atoms with Crippen molar-refractivity contribution in [1.82, 2.24) is 0 Å². The van der Waals surface area contributed by atoms with Crippen molar-refractivity contribution in [2.75, 3.05) is 0 Å². The molecule has 0 spiro atoms. The Kier molecular flexibility index (Phi) is 6.32. The minimum absolute atomic E-state index is 0.0553. The Morgan fingerprint density at radius 3 is 1.77 bits per heavy atom. The van der Waals surface area contributed by atoms with Gasteiger partial charge in [-0.3, -0.25) is 0 Å². The zero-order valence-electron chi connectivity index (χ0n) is 20.4. The summed E-state index contributed by atoms with van der Waals surface area (Å²) in [7, 11) is 0. The van der Waals surface area contributed by atoms with Crippen LogP contribution in [0.4, 0.5) is 0 Å². The number of rotatable bonds is 7. The third kappa shape index (κ3) is 3.64. The number of hydrogen-bond acceptors (Lipinski definition) is 5. The Bertz CT molecular complexity index is 1280. The van der Waals surface area contributed by atoms with Crippen LogP contribution < -0.4 is 0 Å². The summed E-state index contributed by atoms with van der Waals surface area (Å²) in [5, 5.41) is 32.1. The number of benzene rings is 3. The largest absolute Gasteiger partial charge is 0.508 e. The van der Waals surface area contributed by atoms with Crippen molar-refractivity contribution < 1.29 is 29.6 Å². The maximum atomic E-state index is 13.3. The van der Waals surface area contributed by atoms with Gasteiger partial charge >= 0.3 is 11.9 Å². The molecule has 0 saturated carbocycles. The number of cyclic esters (lactones) is 1. The summed E-state index contributed by atoms with van der Waals surface area (Å²) in [5.74, 6) is -1.71.